The van der Waals surface area contributed by atoms with Gasteiger partial charge in [0.2, 0.25) is 11.8 Å². The second-order valence-corrected chi connectivity index (χ2v) is 8.52. The van der Waals surface area contributed by atoms with Crippen molar-refractivity contribution in [2.45, 2.75) is 51.4 Å². The zero-order chi connectivity index (χ0) is 21.4. The van der Waals surface area contributed by atoms with E-state index in [1.54, 1.807) is 4.90 Å². The van der Waals surface area contributed by atoms with Gasteiger partial charge in [0.05, 0.1) is 0 Å². The summed E-state index contributed by atoms with van der Waals surface area (Å²) < 4.78 is 0. The van der Waals surface area contributed by atoms with Crippen molar-refractivity contribution in [3.8, 4) is 0 Å². The van der Waals surface area contributed by atoms with E-state index in [0.29, 0.717) is 25.1 Å². The number of amides is 3. The van der Waals surface area contributed by atoms with Crippen molar-refractivity contribution in [2.75, 3.05) is 11.9 Å². The Morgan fingerprint density at radius 1 is 0.968 bits per heavy atom. The Balaban J connectivity index is 1.22. The molecule has 3 aliphatic rings. The van der Waals surface area contributed by atoms with E-state index in [1.165, 1.54) is 23.2 Å². The van der Waals surface area contributed by atoms with Crippen molar-refractivity contribution in [2.24, 2.45) is 0 Å². The van der Waals surface area contributed by atoms with Crippen molar-refractivity contribution in [1.82, 2.24) is 15.5 Å². The summed E-state index contributed by atoms with van der Waals surface area (Å²) in [4.78, 5) is 38.1. The normalized spacial score (nSPS) is 20.2. The van der Waals surface area contributed by atoms with Crippen molar-refractivity contribution < 1.29 is 14.4 Å². The van der Waals surface area contributed by atoms with E-state index < -0.39 is 6.04 Å². The number of fused-ring (bicyclic) bond motifs is 2. The molecule has 0 aromatic heterocycles. The largest absolute Gasteiger partial charge is 0.385 e. The van der Waals surface area contributed by atoms with E-state index >= 15 is 0 Å². The maximum Gasteiger partial charge on any atom is 0.255 e. The van der Waals surface area contributed by atoms with Crippen LogP contribution in [-0.4, -0.2) is 35.2 Å². The number of hydrogen-bond donors (Lipinski definition) is 3. The molecule has 2 aromatic carbocycles. The minimum Gasteiger partial charge on any atom is -0.385 e. The van der Waals surface area contributed by atoms with Gasteiger partial charge in [0.1, 0.15) is 6.04 Å². The summed E-state index contributed by atoms with van der Waals surface area (Å²) in [6, 6.07) is 11.9. The predicted molar refractivity (Wildman–Crippen MR) is 116 cm³/mol. The number of aryl methyl sites for hydroxylation is 1. The van der Waals surface area contributed by atoms with Crippen LogP contribution in [0.15, 0.2) is 36.4 Å². The van der Waals surface area contributed by atoms with E-state index in [9.17, 15) is 14.4 Å². The van der Waals surface area contributed by atoms with Crippen molar-refractivity contribution in [1.29, 1.82) is 0 Å². The van der Waals surface area contributed by atoms with Gasteiger partial charge in [0.25, 0.3) is 5.91 Å². The number of hydrogen-bond acceptors (Lipinski definition) is 5. The molecule has 7 nitrogen and oxygen atoms in total. The van der Waals surface area contributed by atoms with Crippen LogP contribution < -0.4 is 16.0 Å². The highest BCUT2D eigenvalue weighted by molar-refractivity contribution is 6.05. The molecule has 0 saturated carbocycles. The molecule has 1 atom stereocenters. The molecule has 160 valence electrons. The highest BCUT2D eigenvalue weighted by atomic mass is 16.2. The molecule has 7 heteroatoms. The maximum atomic E-state index is 12.9. The lowest BCUT2D eigenvalue weighted by Gasteiger charge is -2.29. The maximum absolute atomic E-state index is 12.9. The highest BCUT2D eigenvalue weighted by Crippen LogP contribution is 2.28. The zero-order valence-corrected chi connectivity index (χ0v) is 17.4. The number of carbonyl (C=O) groups excluding carboxylic acids is 3. The van der Waals surface area contributed by atoms with Crippen LogP contribution in [0.4, 0.5) is 5.69 Å². The lowest BCUT2D eigenvalue weighted by molar-refractivity contribution is -0.136. The van der Waals surface area contributed by atoms with Crippen LogP contribution in [0.1, 0.15) is 51.9 Å². The molecule has 3 amide bonds. The van der Waals surface area contributed by atoms with Crippen LogP contribution in [-0.2, 0) is 35.6 Å². The number of benzene rings is 2. The molecule has 0 aliphatic carbocycles. The molecule has 0 radical (unpaired) electrons. The Kier molecular flexibility index (Phi) is 5.19. The molecule has 3 aliphatic heterocycles. The fourth-order valence-corrected chi connectivity index (χ4v) is 4.70. The fourth-order valence-electron chi connectivity index (χ4n) is 4.70. The number of nitrogens with zero attached hydrogens (tertiary/aromatic N) is 1. The first kappa shape index (κ1) is 19.8. The third-order valence-corrected chi connectivity index (χ3v) is 6.36. The number of anilines is 1. The first-order chi connectivity index (χ1) is 15.1. The monoisotopic (exact) mass is 418 g/mol. The first-order valence-corrected chi connectivity index (χ1v) is 10.9. The van der Waals surface area contributed by atoms with Gasteiger partial charge >= 0.3 is 0 Å². The van der Waals surface area contributed by atoms with Gasteiger partial charge in [0, 0.05) is 43.9 Å². The van der Waals surface area contributed by atoms with Crippen LogP contribution in [0.3, 0.4) is 0 Å². The molecule has 1 fully saturated rings. The molecule has 0 spiro atoms. The molecule has 1 saturated heterocycles. The van der Waals surface area contributed by atoms with Crippen LogP contribution >= 0.6 is 0 Å². The van der Waals surface area contributed by atoms with E-state index in [0.717, 1.165) is 30.6 Å². The summed E-state index contributed by atoms with van der Waals surface area (Å²) in [5.74, 6) is -0.776. The van der Waals surface area contributed by atoms with Crippen molar-refractivity contribution in [3.05, 3.63) is 64.2 Å². The van der Waals surface area contributed by atoms with Crippen molar-refractivity contribution >= 4 is 23.4 Å². The number of nitrogens with one attached hydrogen (secondary N) is 3. The van der Waals surface area contributed by atoms with Gasteiger partial charge < -0.3 is 15.5 Å². The van der Waals surface area contributed by atoms with E-state index in [-0.39, 0.29) is 24.1 Å². The summed E-state index contributed by atoms with van der Waals surface area (Å²) in [5.41, 5.74) is 6.50. The number of rotatable bonds is 5. The highest BCUT2D eigenvalue weighted by Gasteiger charge is 2.39. The molecular formula is C24H26N4O3. The summed E-state index contributed by atoms with van der Waals surface area (Å²) in [6.45, 7) is 2.88. The number of carbonyl (C=O) groups is 3. The predicted octanol–water partition coefficient (Wildman–Crippen LogP) is 2.10. The van der Waals surface area contributed by atoms with Gasteiger partial charge in [-0.2, -0.15) is 0 Å². The number of piperidine rings is 1. The third kappa shape index (κ3) is 3.93. The molecule has 3 heterocycles. The molecule has 2 aromatic rings. The van der Waals surface area contributed by atoms with E-state index in [2.05, 4.69) is 34.1 Å². The Hall–Kier alpha value is -3.19. The number of imide groups is 1. The smallest absolute Gasteiger partial charge is 0.255 e. The topological polar surface area (TPSA) is 90.5 Å². The summed E-state index contributed by atoms with van der Waals surface area (Å²) in [5, 5.41) is 9.25. The average molecular weight is 418 g/mol. The van der Waals surface area contributed by atoms with Gasteiger partial charge in [-0.3, -0.25) is 19.7 Å². The van der Waals surface area contributed by atoms with Crippen LogP contribution in [0.2, 0.25) is 0 Å². The van der Waals surface area contributed by atoms with E-state index in [1.807, 2.05) is 18.2 Å². The lowest BCUT2D eigenvalue weighted by atomic mass is 10.0. The Morgan fingerprint density at radius 2 is 1.77 bits per heavy atom. The SMILES string of the molecule is O=C1CCC(N2Cc3ccc(CNCc4ccc5c(c4)CCCN5)cc3C2=O)C(=O)N1. The van der Waals surface area contributed by atoms with Gasteiger partial charge in [-0.1, -0.05) is 24.3 Å². The molecule has 1 unspecified atom stereocenters. The van der Waals surface area contributed by atoms with Gasteiger partial charge in [-0.25, -0.2) is 0 Å². The van der Waals surface area contributed by atoms with Crippen LogP contribution in [0.5, 0.6) is 0 Å². The summed E-state index contributed by atoms with van der Waals surface area (Å²) in [6.07, 6.45) is 2.94. The lowest BCUT2D eigenvalue weighted by Crippen LogP contribution is -2.52. The van der Waals surface area contributed by atoms with Gasteiger partial charge in [0.15, 0.2) is 0 Å². The molecule has 0 bridgehead atoms. The molecule has 31 heavy (non-hydrogen) atoms. The van der Waals surface area contributed by atoms with Crippen molar-refractivity contribution in [3.63, 3.8) is 0 Å². The second kappa shape index (κ2) is 8.15. The average Bonchev–Trinajstić information content (AvgIpc) is 3.09. The molecule has 5 rings (SSSR count). The Morgan fingerprint density at radius 3 is 2.61 bits per heavy atom. The minimum atomic E-state index is -0.572. The minimum absolute atomic E-state index is 0.131. The summed E-state index contributed by atoms with van der Waals surface area (Å²) in [7, 11) is 0. The fraction of sp³-hybridized carbons (Fsp3) is 0.375. The van der Waals surface area contributed by atoms with Crippen LogP contribution in [0, 0.1) is 0 Å². The first-order valence-electron chi connectivity index (χ1n) is 10.9. The Bertz CT molecular complexity index is 1060. The van der Waals surface area contributed by atoms with Gasteiger partial charge in [-0.15, -0.1) is 0 Å². The van der Waals surface area contributed by atoms with Gasteiger partial charge in [-0.05, 0) is 53.6 Å². The molecular weight excluding hydrogens is 392 g/mol. The Labute approximate surface area is 181 Å². The standard InChI is InChI=1S/C24H26N4O3/c29-22-8-7-21(23(30)27-22)28-14-18-5-3-16(11-19(18)24(28)31)13-25-12-15-4-6-20-17(10-15)2-1-9-26-20/h3-6,10-11,21,25-26H,1-2,7-9,12-14H2,(H,27,29,30). The van der Waals surface area contributed by atoms with Crippen LogP contribution in [0.25, 0.3) is 0 Å². The second-order valence-electron chi connectivity index (χ2n) is 8.52. The molecule has 3 N–H and O–H groups in total. The quantitative estimate of drug-likeness (QED) is 0.647. The van der Waals surface area contributed by atoms with E-state index in [4.69, 9.17) is 0 Å². The third-order valence-electron chi connectivity index (χ3n) is 6.36. The zero-order valence-electron chi connectivity index (χ0n) is 17.4. The summed E-state index contributed by atoms with van der Waals surface area (Å²) >= 11 is 0.